The Morgan fingerprint density at radius 3 is 3.00 bits per heavy atom. The fraction of sp³-hybridized carbons (Fsp3) is 0.625. The maximum absolute atomic E-state index is 5.40. The molecule has 0 spiro atoms. The maximum Gasteiger partial charge on any atom is 0.167 e. The third-order valence-corrected chi connectivity index (χ3v) is 2.07. The van der Waals surface area contributed by atoms with Crippen LogP contribution in [0.15, 0.2) is 10.6 Å². The molecule has 0 saturated heterocycles. The Labute approximate surface area is 65.6 Å². The Kier molecular flexibility index (Phi) is 1.56. The van der Waals surface area contributed by atoms with E-state index in [9.17, 15) is 0 Å². The summed E-state index contributed by atoms with van der Waals surface area (Å²) in [5.41, 5.74) is 5.40. The quantitative estimate of drug-likeness (QED) is 0.715. The summed E-state index contributed by atoms with van der Waals surface area (Å²) in [6.45, 7) is 0. The van der Waals surface area contributed by atoms with Gasteiger partial charge >= 0.3 is 0 Å². The van der Waals surface area contributed by atoms with Gasteiger partial charge in [0.05, 0.1) is 0 Å². The molecule has 11 heavy (non-hydrogen) atoms. The summed E-state index contributed by atoms with van der Waals surface area (Å²) in [4.78, 5) is 0. The molecular weight excluding hydrogens is 140 g/mol. The summed E-state index contributed by atoms with van der Waals surface area (Å²) in [7, 11) is 0. The molecule has 1 fully saturated rings. The Morgan fingerprint density at radius 1 is 1.64 bits per heavy atom. The van der Waals surface area contributed by atoms with Crippen molar-refractivity contribution >= 4 is 5.82 Å². The van der Waals surface area contributed by atoms with Crippen LogP contribution in [-0.4, -0.2) is 5.16 Å². The van der Waals surface area contributed by atoms with Gasteiger partial charge in [-0.1, -0.05) is 18.0 Å². The van der Waals surface area contributed by atoms with Gasteiger partial charge in [0, 0.05) is 12.5 Å². The van der Waals surface area contributed by atoms with E-state index >= 15 is 0 Å². The van der Waals surface area contributed by atoms with Gasteiger partial charge in [0.2, 0.25) is 0 Å². The van der Waals surface area contributed by atoms with Crippen molar-refractivity contribution in [1.29, 1.82) is 0 Å². The summed E-state index contributed by atoms with van der Waals surface area (Å²) >= 11 is 0. The van der Waals surface area contributed by atoms with E-state index in [2.05, 4.69) is 5.16 Å². The predicted molar refractivity (Wildman–Crippen MR) is 42.0 cm³/mol. The number of rotatable bonds is 3. The van der Waals surface area contributed by atoms with Gasteiger partial charge in [0.1, 0.15) is 5.76 Å². The first-order valence-electron chi connectivity index (χ1n) is 4.05. The van der Waals surface area contributed by atoms with Crippen LogP contribution in [0, 0.1) is 5.92 Å². The SMILES string of the molecule is Nc1cc(CCC2CC2)on1. The minimum Gasteiger partial charge on any atom is -0.381 e. The Balaban J connectivity index is 1.85. The first-order chi connectivity index (χ1) is 5.34. The second-order valence-electron chi connectivity index (χ2n) is 3.20. The molecule has 0 aliphatic heterocycles. The van der Waals surface area contributed by atoms with Crippen molar-refractivity contribution in [1.82, 2.24) is 5.16 Å². The molecule has 0 atom stereocenters. The fourth-order valence-corrected chi connectivity index (χ4v) is 1.20. The van der Waals surface area contributed by atoms with E-state index in [1.165, 1.54) is 19.3 Å². The molecule has 1 aromatic rings. The molecule has 0 unspecified atom stereocenters. The lowest BCUT2D eigenvalue weighted by molar-refractivity contribution is 0.381. The van der Waals surface area contributed by atoms with Gasteiger partial charge in [-0.3, -0.25) is 0 Å². The number of aromatic nitrogens is 1. The second kappa shape index (κ2) is 2.57. The highest BCUT2D eigenvalue weighted by Gasteiger charge is 2.21. The molecule has 1 aliphatic carbocycles. The van der Waals surface area contributed by atoms with Crippen LogP contribution < -0.4 is 5.73 Å². The highest BCUT2D eigenvalue weighted by atomic mass is 16.5. The Hall–Kier alpha value is -0.990. The lowest BCUT2D eigenvalue weighted by atomic mass is 10.2. The first kappa shape index (κ1) is 6.70. The molecule has 3 heteroatoms. The van der Waals surface area contributed by atoms with E-state index in [0.717, 1.165) is 18.1 Å². The zero-order valence-corrected chi connectivity index (χ0v) is 6.42. The molecule has 0 amide bonds. The van der Waals surface area contributed by atoms with E-state index in [1.807, 2.05) is 6.07 Å². The minimum atomic E-state index is 0.496. The number of hydrogen-bond acceptors (Lipinski definition) is 3. The van der Waals surface area contributed by atoms with Crippen LogP contribution in [-0.2, 0) is 6.42 Å². The first-order valence-corrected chi connectivity index (χ1v) is 4.05. The normalized spacial score (nSPS) is 17.1. The van der Waals surface area contributed by atoms with Crippen LogP contribution in [0.25, 0.3) is 0 Å². The number of nitrogens with two attached hydrogens (primary N) is 1. The molecule has 1 heterocycles. The summed E-state index contributed by atoms with van der Waals surface area (Å²) in [5.74, 6) is 2.37. The second-order valence-corrected chi connectivity index (χ2v) is 3.20. The molecule has 2 rings (SSSR count). The van der Waals surface area contributed by atoms with Crippen LogP contribution in [0.1, 0.15) is 25.0 Å². The van der Waals surface area contributed by atoms with Gasteiger partial charge < -0.3 is 10.3 Å². The zero-order chi connectivity index (χ0) is 7.68. The number of anilines is 1. The fourth-order valence-electron chi connectivity index (χ4n) is 1.20. The molecule has 0 aromatic carbocycles. The van der Waals surface area contributed by atoms with E-state index in [1.54, 1.807) is 0 Å². The average Bonchev–Trinajstić information content (AvgIpc) is 2.72. The highest BCUT2D eigenvalue weighted by Crippen LogP contribution is 2.33. The van der Waals surface area contributed by atoms with Crippen molar-refractivity contribution < 1.29 is 4.52 Å². The van der Waals surface area contributed by atoms with Crippen LogP contribution in [0.4, 0.5) is 5.82 Å². The van der Waals surface area contributed by atoms with Crippen LogP contribution in [0.5, 0.6) is 0 Å². The van der Waals surface area contributed by atoms with Gasteiger partial charge in [-0.25, -0.2) is 0 Å². The number of aryl methyl sites for hydroxylation is 1. The summed E-state index contributed by atoms with van der Waals surface area (Å²) in [6, 6.07) is 1.81. The minimum absolute atomic E-state index is 0.496. The highest BCUT2D eigenvalue weighted by molar-refractivity contribution is 5.26. The molecule has 1 aromatic heterocycles. The van der Waals surface area contributed by atoms with Crippen LogP contribution in [0.3, 0.4) is 0 Å². The average molecular weight is 152 g/mol. The molecule has 2 N–H and O–H groups in total. The number of nitrogen functional groups attached to an aromatic ring is 1. The standard InChI is InChI=1S/C8H12N2O/c9-8-5-7(11-10-8)4-3-6-1-2-6/h5-6H,1-4H2,(H2,9,10). The summed E-state index contributed by atoms with van der Waals surface area (Å²) in [5, 5.41) is 3.62. The van der Waals surface area contributed by atoms with Crippen molar-refractivity contribution in [3.63, 3.8) is 0 Å². The van der Waals surface area contributed by atoms with E-state index < -0.39 is 0 Å². The lowest BCUT2D eigenvalue weighted by Crippen LogP contribution is -1.83. The molecule has 1 aliphatic rings. The van der Waals surface area contributed by atoms with Crippen molar-refractivity contribution in [2.45, 2.75) is 25.7 Å². The zero-order valence-electron chi connectivity index (χ0n) is 6.42. The van der Waals surface area contributed by atoms with Crippen molar-refractivity contribution in [2.75, 3.05) is 5.73 Å². The van der Waals surface area contributed by atoms with Gasteiger partial charge in [0.15, 0.2) is 5.82 Å². The topological polar surface area (TPSA) is 52.0 Å². The van der Waals surface area contributed by atoms with Crippen molar-refractivity contribution in [3.8, 4) is 0 Å². The van der Waals surface area contributed by atoms with Gasteiger partial charge in [-0.2, -0.15) is 0 Å². The van der Waals surface area contributed by atoms with Gasteiger partial charge in [-0.15, -0.1) is 0 Å². The smallest absolute Gasteiger partial charge is 0.167 e. The molecule has 3 nitrogen and oxygen atoms in total. The number of nitrogens with zero attached hydrogens (tertiary/aromatic N) is 1. The Morgan fingerprint density at radius 2 is 2.45 bits per heavy atom. The summed E-state index contributed by atoms with van der Waals surface area (Å²) < 4.78 is 4.97. The molecular formula is C8H12N2O. The van der Waals surface area contributed by atoms with Gasteiger partial charge in [0.25, 0.3) is 0 Å². The molecule has 0 bridgehead atoms. The van der Waals surface area contributed by atoms with E-state index in [4.69, 9.17) is 10.3 Å². The predicted octanol–water partition coefficient (Wildman–Crippen LogP) is 1.60. The van der Waals surface area contributed by atoms with E-state index in [0.29, 0.717) is 5.82 Å². The monoisotopic (exact) mass is 152 g/mol. The van der Waals surface area contributed by atoms with Crippen LogP contribution in [0.2, 0.25) is 0 Å². The van der Waals surface area contributed by atoms with Crippen LogP contribution >= 0.6 is 0 Å². The largest absolute Gasteiger partial charge is 0.381 e. The Bertz CT molecular complexity index is 240. The van der Waals surface area contributed by atoms with Crippen molar-refractivity contribution in [3.05, 3.63) is 11.8 Å². The van der Waals surface area contributed by atoms with E-state index in [-0.39, 0.29) is 0 Å². The van der Waals surface area contributed by atoms with Crippen molar-refractivity contribution in [2.24, 2.45) is 5.92 Å². The third kappa shape index (κ3) is 1.73. The molecule has 1 saturated carbocycles. The summed E-state index contributed by atoms with van der Waals surface area (Å²) in [6.07, 6.45) is 5.01. The van der Waals surface area contributed by atoms with Gasteiger partial charge in [-0.05, 0) is 12.3 Å². The maximum atomic E-state index is 5.40. The lowest BCUT2D eigenvalue weighted by Gasteiger charge is -1.90. The molecule has 60 valence electrons. The number of hydrogen-bond donors (Lipinski definition) is 1. The molecule has 0 radical (unpaired) electrons. The third-order valence-electron chi connectivity index (χ3n) is 2.07.